The first-order chi connectivity index (χ1) is 14.4. The highest BCUT2D eigenvalue weighted by atomic mass is 32.2. The predicted octanol–water partition coefficient (Wildman–Crippen LogP) is 3.12. The molecule has 1 N–H and O–H groups in total. The Balaban J connectivity index is 1.60. The van der Waals surface area contributed by atoms with Gasteiger partial charge in [0.25, 0.3) is 0 Å². The van der Waals surface area contributed by atoms with Crippen LogP contribution in [0.15, 0.2) is 53.4 Å². The number of nitrogens with one attached hydrogen (secondary N) is 1. The van der Waals surface area contributed by atoms with E-state index in [1.807, 2.05) is 31.2 Å². The fourth-order valence-electron chi connectivity index (χ4n) is 3.75. The summed E-state index contributed by atoms with van der Waals surface area (Å²) in [6, 6.07) is 14.6. The molecule has 3 rings (SSSR count). The molecule has 1 amide bonds. The third kappa shape index (κ3) is 5.83. The fourth-order valence-corrected chi connectivity index (χ4v) is 4.99. The Morgan fingerprint density at radius 3 is 2.50 bits per heavy atom. The minimum atomic E-state index is -3.48. The number of rotatable bonds is 9. The molecule has 1 fully saturated rings. The molecule has 0 aromatic heterocycles. The molecule has 1 unspecified atom stereocenters. The van der Waals surface area contributed by atoms with E-state index in [0.717, 1.165) is 42.8 Å². The van der Waals surface area contributed by atoms with E-state index in [1.54, 1.807) is 31.4 Å². The zero-order valence-electron chi connectivity index (χ0n) is 17.6. The van der Waals surface area contributed by atoms with Crippen LogP contribution in [0.1, 0.15) is 36.4 Å². The van der Waals surface area contributed by atoms with E-state index in [1.165, 1.54) is 0 Å². The van der Waals surface area contributed by atoms with Gasteiger partial charge in [0.2, 0.25) is 5.91 Å². The van der Waals surface area contributed by atoms with Gasteiger partial charge < -0.3 is 10.1 Å². The number of hydrogen-bond donors (Lipinski definition) is 1. The largest absolute Gasteiger partial charge is 0.497 e. The van der Waals surface area contributed by atoms with Crippen molar-refractivity contribution in [2.45, 2.75) is 37.1 Å². The molecule has 6 nitrogen and oxygen atoms in total. The van der Waals surface area contributed by atoms with Crippen LogP contribution in [0.4, 0.5) is 0 Å². The number of ether oxygens (including phenoxy) is 1. The first-order valence-electron chi connectivity index (χ1n) is 10.3. The highest BCUT2D eigenvalue weighted by Crippen LogP contribution is 2.27. The molecule has 0 saturated carbocycles. The average Bonchev–Trinajstić information content (AvgIpc) is 3.27. The molecule has 30 heavy (non-hydrogen) atoms. The van der Waals surface area contributed by atoms with Gasteiger partial charge in [-0.2, -0.15) is 0 Å². The Hall–Kier alpha value is -2.38. The highest BCUT2D eigenvalue weighted by Gasteiger charge is 2.25. The molecule has 1 aliphatic rings. The second-order valence-corrected chi connectivity index (χ2v) is 9.83. The minimum absolute atomic E-state index is 0.0419. The number of methoxy groups -OCH3 is 1. The number of amides is 1. The number of carbonyl (C=O) groups is 1. The number of sulfone groups is 1. The molecule has 1 atom stereocenters. The molecule has 0 bridgehead atoms. The lowest BCUT2D eigenvalue weighted by Crippen LogP contribution is -2.37. The van der Waals surface area contributed by atoms with Gasteiger partial charge in [-0.15, -0.1) is 0 Å². The monoisotopic (exact) mass is 430 g/mol. The van der Waals surface area contributed by atoms with Crippen molar-refractivity contribution in [3.05, 3.63) is 59.7 Å². The Morgan fingerprint density at radius 2 is 1.83 bits per heavy atom. The fraction of sp³-hybridized carbons (Fsp3) is 0.435. The maximum atomic E-state index is 12.5. The lowest BCUT2D eigenvalue weighted by atomic mass is 10.0. The summed E-state index contributed by atoms with van der Waals surface area (Å²) in [6.07, 6.45) is 2.23. The molecule has 0 radical (unpaired) electrons. The SMILES string of the molecule is COc1cccc(C(CNC(=O)CCS(=O)(=O)c2ccc(C)cc2)N2CCCC2)c1. The summed E-state index contributed by atoms with van der Waals surface area (Å²) in [5, 5.41) is 2.94. The molecular weight excluding hydrogens is 400 g/mol. The summed E-state index contributed by atoms with van der Waals surface area (Å²) in [6.45, 7) is 4.32. The molecule has 0 aliphatic carbocycles. The van der Waals surface area contributed by atoms with Crippen molar-refractivity contribution in [3.63, 3.8) is 0 Å². The third-order valence-corrected chi connectivity index (χ3v) is 7.26. The van der Waals surface area contributed by atoms with Crippen molar-refractivity contribution < 1.29 is 17.9 Å². The second-order valence-electron chi connectivity index (χ2n) is 7.72. The van der Waals surface area contributed by atoms with E-state index in [0.29, 0.717) is 6.54 Å². The van der Waals surface area contributed by atoms with Gasteiger partial charge in [0.15, 0.2) is 9.84 Å². The van der Waals surface area contributed by atoms with Gasteiger partial charge in [-0.05, 0) is 62.7 Å². The Labute approximate surface area is 179 Å². The van der Waals surface area contributed by atoms with Crippen LogP contribution in [0.5, 0.6) is 5.75 Å². The van der Waals surface area contributed by atoms with E-state index in [-0.39, 0.29) is 29.0 Å². The van der Waals surface area contributed by atoms with Crippen LogP contribution in [-0.4, -0.2) is 51.7 Å². The molecule has 2 aromatic rings. The van der Waals surface area contributed by atoms with Crippen LogP contribution >= 0.6 is 0 Å². The number of nitrogens with zero attached hydrogens (tertiary/aromatic N) is 1. The van der Waals surface area contributed by atoms with Crippen LogP contribution < -0.4 is 10.1 Å². The van der Waals surface area contributed by atoms with Gasteiger partial charge in [-0.3, -0.25) is 9.69 Å². The molecule has 162 valence electrons. The van der Waals surface area contributed by atoms with Gasteiger partial charge in [-0.25, -0.2) is 8.42 Å². The quantitative estimate of drug-likeness (QED) is 0.662. The zero-order chi connectivity index (χ0) is 21.6. The summed E-state index contributed by atoms with van der Waals surface area (Å²) >= 11 is 0. The van der Waals surface area contributed by atoms with Crippen LogP contribution in [0, 0.1) is 6.92 Å². The predicted molar refractivity (Wildman–Crippen MR) is 117 cm³/mol. The molecule has 0 spiro atoms. The Morgan fingerprint density at radius 1 is 1.13 bits per heavy atom. The Kier molecular flexibility index (Phi) is 7.50. The zero-order valence-corrected chi connectivity index (χ0v) is 18.5. The van der Waals surface area contributed by atoms with Gasteiger partial charge in [0.05, 0.1) is 23.8 Å². The average molecular weight is 431 g/mol. The molecule has 2 aromatic carbocycles. The second kappa shape index (κ2) is 10.1. The van der Waals surface area contributed by atoms with Crippen LogP contribution in [-0.2, 0) is 14.6 Å². The topological polar surface area (TPSA) is 75.7 Å². The van der Waals surface area contributed by atoms with Gasteiger partial charge in [-0.1, -0.05) is 29.8 Å². The molecule has 7 heteroatoms. The normalized spacial score (nSPS) is 15.7. The van der Waals surface area contributed by atoms with Crippen molar-refractivity contribution in [2.24, 2.45) is 0 Å². The Bertz CT molecular complexity index is 951. The highest BCUT2D eigenvalue weighted by molar-refractivity contribution is 7.91. The molecule has 1 heterocycles. The van der Waals surface area contributed by atoms with Crippen molar-refractivity contribution in [1.29, 1.82) is 0 Å². The first-order valence-corrected chi connectivity index (χ1v) is 12.0. The van der Waals surface area contributed by atoms with Crippen molar-refractivity contribution >= 4 is 15.7 Å². The van der Waals surface area contributed by atoms with E-state index in [2.05, 4.69) is 10.2 Å². The van der Waals surface area contributed by atoms with E-state index >= 15 is 0 Å². The minimum Gasteiger partial charge on any atom is -0.497 e. The standard InChI is InChI=1S/C23H30N2O4S/c1-18-8-10-21(11-9-18)30(27,28)15-12-23(26)24-17-22(25-13-3-4-14-25)19-6-5-7-20(16-19)29-2/h5-11,16,22H,3-4,12-15,17H2,1-2H3,(H,24,26). The number of carbonyl (C=O) groups excluding carboxylic acids is 1. The van der Waals surface area contributed by atoms with Crippen LogP contribution in [0.3, 0.4) is 0 Å². The van der Waals surface area contributed by atoms with E-state index < -0.39 is 9.84 Å². The number of hydrogen-bond acceptors (Lipinski definition) is 5. The molecule has 1 aliphatic heterocycles. The van der Waals surface area contributed by atoms with Crippen molar-refractivity contribution in [3.8, 4) is 5.75 Å². The summed E-state index contributed by atoms with van der Waals surface area (Å²) in [5.74, 6) is 0.333. The molecular formula is C23H30N2O4S. The van der Waals surface area contributed by atoms with Crippen LogP contribution in [0.2, 0.25) is 0 Å². The van der Waals surface area contributed by atoms with Crippen molar-refractivity contribution in [1.82, 2.24) is 10.2 Å². The van der Waals surface area contributed by atoms with Crippen LogP contribution in [0.25, 0.3) is 0 Å². The maximum absolute atomic E-state index is 12.5. The smallest absolute Gasteiger partial charge is 0.221 e. The summed E-state index contributed by atoms with van der Waals surface area (Å²) in [5.41, 5.74) is 2.08. The maximum Gasteiger partial charge on any atom is 0.221 e. The lowest BCUT2D eigenvalue weighted by molar-refractivity contribution is -0.120. The number of likely N-dealkylation sites (tertiary alicyclic amines) is 1. The third-order valence-electron chi connectivity index (χ3n) is 5.53. The van der Waals surface area contributed by atoms with Gasteiger partial charge in [0.1, 0.15) is 5.75 Å². The number of aryl methyl sites for hydroxylation is 1. The summed E-state index contributed by atoms with van der Waals surface area (Å²) in [7, 11) is -1.84. The molecule has 1 saturated heterocycles. The van der Waals surface area contributed by atoms with E-state index in [4.69, 9.17) is 4.74 Å². The first kappa shape index (κ1) is 22.3. The van der Waals surface area contributed by atoms with Gasteiger partial charge >= 0.3 is 0 Å². The van der Waals surface area contributed by atoms with Crippen molar-refractivity contribution in [2.75, 3.05) is 32.5 Å². The summed E-state index contributed by atoms with van der Waals surface area (Å²) < 4.78 is 30.3. The lowest BCUT2D eigenvalue weighted by Gasteiger charge is -2.28. The van der Waals surface area contributed by atoms with Gasteiger partial charge in [0, 0.05) is 13.0 Å². The van der Waals surface area contributed by atoms with E-state index in [9.17, 15) is 13.2 Å². The number of benzene rings is 2. The summed E-state index contributed by atoms with van der Waals surface area (Å²) in [4.78, 5) is 15.0.